The van der Waals surface area contributed by atoms with Gasteiger partial charge in [0.2, 0.25) is 0 Å². The lowest BCUT2D eigenvalue weighted by Gasteiger charge is -2.11. The molecule has 2 rings (SSSR count). The maximum atomic E-state index is 5.23. The third-order valence-corrected chi connectivity index (χ3v) is 1.64. The number of anilines is 1. The fourth-order valence-corrected chi connectivity index (χ4v) is 1.04. The monoisotopic (exact) mass is 174 g/mol. The van der Waals surface area contributed by atoms with Crippen LogP contribution in [0.1, 0.15) is 0 Å². The van der Waals surface area contributed by atoms with E-state index in [1.165, 1.54) is 0 Å². The van der Waals surface area contributed by atoms with Gasteiger partial charge in [-0.3, -0.25) is 0 Å². The van der Waals surface area contributed by atoms with Crippen molar-refractivity contribution in [3.63, 3.8) is 0 Å². The van der Waals surface area contributed by atoms with Crippen LogP contribution >= 0.6 is 0 Å². The number of amidine groups is 1. The van der Waals surface area contributed by atoms with Crippen LogP contribution in [0.2, 0.25) is 0 Å². The van der Waals surface area contributed by atoms with E-state index in [4.69, 9.17) is 4.74 Å². The molecule has 13 heavy (non-hydrogen) atoms. The van der Waals surface area contributed by atoms with Crippen molar-refractivity contribution in [3.8, 4) is 0 Å². The minimum atomic E-state index is 0.550. The zero-order chi connectivity index (χ0) is 8.93. The van der Waals surface area contributed by atoms with Gasteiger partial charge in [-0.15, -0.1) is 0 Å². The lowest BCUT2D eigenvalue weighted by molar-refractivity contribution is 0.343. The van der Waals surface area contributed by atoms with Crippen LogP contribution < -0.4 is 5.32 Å². The van der Waals surface area contributed by atoms with Gasteiger partial charge in [0.05, 0.1) is 0 Å². The molecular weight excluding hydrogens is 164 g/mol. The molecule has 0 atom stereocenters. The maximum Gasteiger partial charge on any atom is 0.294 e. The number of ether oxygens (including phenoxy) is 1. The van der Waals surface area contributed by atoms with Crippen LogP contribution in [0.3, 0.4) is 0 Å². The number of hydrogen-bond acceptors (Lipinski definition) is 3. The molecular formula is C10H10N2O. The van der Waals surface area contributed by atoms with E-state index in [0.717, 1.165) is 5.69 Å². The van der Waals surface area contributed by atoms with Gasteiger partial charge in [-0.1, -0.05) is 18.2 Å². The maximum absolute atomic E-state index is 5.23. The summed E-state index contributed by atoms with van der Waals surface area (Å²) in [5.41, 5.74) is 0.983. The first-order chi connectivity index (χ1) is 6.45. The predicted molar refractivity (Wildman–Crippen MR) is 52.6 cm³/mol. The van der Waals surface area contributed by atoms with Crippen LogP contribution in [-0.2, 0) is 4.74 Å². The first-order valence-corrected chi connectivity index (χ1v) is 4.13. The third kappa shape index (κ3) is 2.08. The number of rotatable bonds is 1. The standard InChI is InChI=1S/C10H10N2O/c1-2-5-9(6-3-1)12-10-11-7-4-8-13-10/h1-7H,8H2,(H,11,12). The number of nitrogens with zero attached hydrogens (tertiary/aromatic N) is 1. The molecule has 1 aromatic rings. The van der Waals surface area contributed by atoms with Crippen molar-refractivity contribution in [2.45, 2.75) is 0 Å². The second kappa shape index (κ2) is 3.76. The quantitative estimate of drug-likeness (QED) is 0.706. The number of para-hydroxylation sites is 1. The Morgan fingerprint density at radius 2 is 2.08 bits per heavy atom. The molecule has 0 aromatic heterocycles. The fraction of sp³-hybridized carbons (Fsp3) is 0.100. The molecule has 3 nitrogen and oxygen atoms in total. The number of aliphatic imine (C=N–C) groups is 1. The highest BCUT2D eigenvalue weighted by atomic mass is 16.5. The molecule has 1 N–H and O–H groups in total. The van der Waals surface area contributed by atoms with Gasteiger partial charge in [0.25, 0.3) is 6.02 Å². The van der Waals surface area contributed by atoms with E-state index in [-0.39, 0.29) is 0 Å². The zero-order valence-corrected chi connectivity index (χ0v) is 7.10. The molecule has 0 fully saturated rings. The Bertz CT molecular complexity index is 330. The van der Waals surface area contributed by atoms with E-state index in [2.05, 4.69) is 10.3 Å². The fourth-order valence-electron chi connectivity index (χ4n) is 1.04. The Kier molecular flexibility index (Phi) is 2.27. The topological polar surface area (TPSA) is 33.6 Å². The van der Waals surface area contributed by atoms with Crippen LogP contribution in [0.4, 0.5) is 5.69 Å². The average molecular weight is 174 g/mol. The Morgan fingerprint density at radius 1 is 1.23 bits per heavy atom. The number of nitrogens with one attached hydrogen (secondary N) is 1. The van der Waals surface area contributed by atoms with Crippen LogP contribution in [-0.4, -0.2) is 12.6 Å². The summed E-state index contributed by atoms with van der Waals surface area (Å²) in [6.07, 6.45) is 3.59. The van der Waals surface area contributed by atoms with Crippen LogP contribution in [0, 0.1) is 0 Å². The highest BCUT2D eigenvalue weighted by molar-refractivity contribution is 5.89. The summed E-state index contributed by atoms with van der Waals surface area (Å²) in [4.78, 5) is 4.03. The van der Waals surface area contributed by atoms with Crippen molar-refractivity contribution < 1.29 is 4.74 Å². The predicted octanol–water partition coefficient (Wildman–Crippen LogP) is 2.00. The molecule has 0 radical (unpaired) electrons. The number of hydrogen-bond donors (Lipinski definition) is 1. The van der Waals surface area contributed by atoms with E-state index in [9.17, 15) is 0 Å². The molecule has 0 aliphatic carbocycles. The second-order valence-electron chi connectivity index (χ2n) is 2.62. The van der Waals surface area contributed by atoms with Gasteiger partial charge in [-0.2, -0.15) is 0 Å². The molecule has 0 spiro atoms. The molecule has 1 aromatic carbocycles. The highest BCUT2D eigenvalue weighted by Crippen LogP contribution is 2.06. The molecule has 66 valence electrons. The Balaban J connectivity index is 2.06. The van der Waals surface area contributed by atoms with E-state index in [0.29, 0.717) is 12.6 Å². The summed E-state index contributed by atoms with van der Waals surface area (Å²) >= 11 is 0. The van der Waals surface area contributed by atoms with Gasteiger partial charge >= 0.3 is 0 Å². The van der Waals surface area contributed by atoms with Gasteiger partial charge in [-0.05, 0) is 18.2 Å². The van der Waals surface area contributed by atoms with Gasteiger partial charge in [-0.25, -0.2) is 4.99 Å². The minimum absolute atomic E-state index is 0.550. The molecule has 0 unspecified atom stereocenters. The molecule has 0 saturated heterocycles. The van der Waals surface area contributed by atoms with Crippen molar-refractivity contribution >= 4 is 11.7 Å². The summed E-state index contributed by atoms with van der Waals surface area (Å²) in [6, 6.07) is 10.4. The normalized spacial score (nSPS) is 14.6. The van der Waals surface area contributed by atoms with Gasteiger partial charge in [0, 0.05) is 11.9 Å². The average Bonchev–Trinajstić information content (AvgIpc) is 2.21. The van der Waals surface area contributed by atoms with Crippen molar-refractivity contribution in [2.24, 2.45) is 4.99 Å². The molecule has 1 heterocycles. The molecule has 0 amide bonds. The van der Waals surface area contributed by atoms with Gasteiger partial charge < -0.3 is 10.1 Å². The van der Waals surface area contributed by atoms with Crippen LogP contribution in [0.5, 0.6) is 0 Å². The first kappa shape index (κ1) is 7.86. The first-order valence-electron chi connectivity index (χ1n) is 4.13. The van der Waals surface area contributed by atoms with Crippen LogP contribution in [0.15, 0.2) is 47.6 Å². The lowest BCUT2D eigenvalue weighted by atomic mass is 10.3. The Labute approximate surface area is 76.8 Å². The van der Waals surface area contributed by atoms with Gasteiger partial charge in [0.1, 0.15) is 6.61 Å². The van der Waals surface area contributed by atoms with Gasteiger partial charge in [0.15, 0.2) is 0 Å². The molecule has 1 aliphatic heterocycles. The summed E-state index contributed by atoms with van der Waals surface area (Å²) in [7, 11) is 0. The largest absolute Gasteiger partial charge is 0.461 e. The third-order valence-electron chi connectivity index (χ3n) is 1.64. The molecule has 3 heteroatoms. The van der Waals surface area contributed by atoms with E-state index in [1.54, 1.807) is 6.20 Å². The SMILES string of the molecule is C1=CN=C(Nc2ccccc2)OC1. The van der Waals surface area contributed by atoms with Crippen molar-refractivity contribution in [3.05, 3.63) is 42.6 Å². The van der Waals surface area contributed by atoms with Crippen LogP contribution in [0.25, 0.3) is 0 Å². The van der Waals surface area contributed by atoms with Crippen molar-refractivity contribution in [2.75, 3.05) is 11.9 Å². The zero-order valence-electron chi connectivity index (χ0n) is 7.10. The molecule has 1 aliphatic rings. The summed E-state index contributed by atoms with van der Waals surface area (Å²) in [6.45, 7) is 0.582. The van der Waals surface area contributed by atoms with Crippen molar-refractivity contribution in [1.82, 2.24) is 0 Å². The Morgan fingerprint density at radius 3 is 2.77 bits per heavy atom. The summed E-state index contributed by atoms with van der Waals surface area (Å²) in [5, 5.41) is 3.06. The van der Waals surface area contributed by atoms with E-state index in [1.807, 2.05) is 36.4 Å². The van der Waals surface area contributed by atoms with E-state index < -0.39 is 0 Å². The lowest BCUT2D eigenvalue weighted by Crippen LogP contribution is -2.17. The van der Waals surface area contributed by atoms with E-state index >= 15 is 0 Å². The molecule has 0 saturated carbocycles. The second-order valence-corrected chi connectivity index (χ2v) is 2.62. The Hall–Kier alpha value is -1.77. The minimum Gasteiger partial charge on any atom is -0.461 e. The molecule has 0 bridgehead atoms. The summed E-state index contributed by atoms with van der Waals surface area (Å²) in [5.74, 6) is 0. The summed E-state index contributed by atoms with van der Waals surface area (Å²) < 4.78 is 5.23. The number of benzene rings is 1. The smallest absolute Gasteiger partial charge is 0.294 e. The highest BCUT2D eigenvalue weighted by Gasteiger charge is 2.01. The van der Waals surface area contributed by atoms with Crippen molar-refractivity contribution in [1.29, 1.82) is 0 Å².